The molecule has 1 saturated carbocycles. The highest BCUT2D eigenvalue weighted by Gasteiger charge is 2.70. The van der Waals surface area contributed by atoms with Crippen LogP contribution >= 0.6 is 0 Å². The molecule has 7 atom stereocenters. The van der Waals surface area contributed by atoms with Gasteiger partial charge in [0.2, 0.25) is 23.1 Å². The molecule has 0 aromatic rings. The van der Waals surface area contributed by atoms with E-state index in [1.807, 2.05) is 19.2 Å². The van der Waals surface area contributed by atoms with Gasteiger partial charge in [-0.05, 0) is 35.5 Å². The molecule has 202 valence electrons. The number of likely N-dealkylation sites (tertiary alicyclic amines) is 1. The van der Waals surface area contributed by atoms with Crippen LogP contribution in [0.2, 0.25) is 0 Å². The number of thiol groups is 1. The topological polar surface area (TPSA) is 130 Å². The Kier molecular flexibility index (Phi) is 6.81. The first-order valence-electron chi connectivity index (χ1n) is 12.2. The van der Waals surface area contributed by atoms with Crippen LogP contribution in [0.25, 0.3) is 0 Å². The lowest BCUT2D eigenvalue weighted by Gasteiger charge is -2.38. The Labute approximate surface area is 212 Å². The summed E-state index contributed by atoms with van der Waals surface area (Å²) < 4.78 is 42.1. The number of rotatable bonds is 7. The normalized spacial score (nSPS) is 32.3. The number of fused-ring (bicyclic) bond motifs is 1. The Morgan fingerprint density at radius 3 is 2.33 bits per heavy atom. The number of hydrogen-bond acceptors (Lipinski definition) is 5. The lowest BCUT2D eigenvalue weighted by Crippen LogP contribution is -2.61. The number of carbonyl (C=O) groups excluding carboxylic acids is 4. The van der Waals surface area contributed by atoms with Crippen LogP contribution < -0.4 is 20.7 Å². The van der Waals surface area contributed by atoms with Crippen molar-refractivity contribution in [1.82, 2.24) is 25.6 Å². The second kappa shape index (κ2) is 9.07. The number of piperidine rings is 1. The number of halogens is 3. The summed E-state index contributed by atoms with van der Waals surface area (Å²) in [7, 11) is 0. The summed E-state index contributed by atoms with van der Waals surface area (Å²) in [5, 5.41) is 7.71. The molecule has 3 heterocycles. The number of nitrogens with one attached hydrogen (secondary N) is 4. The lowest BCUT2D eigenvalue weighted by atomic mass is 9.85. The van der Waals surface area contributed by atoms with E-state index in [4.69, 9.17) is 0 Å². The first kappa shape index (κ1) is 27.0. The Morgan fingerprint density at radius 2 is 1.83 bits per heavy atom. The quantitative estimate of drug-likeness (QED) is 0.211. The summed E-state index contributed by atoms with van der Waals surface area (Å²) in [6.45, 7) is 9.57. The minimum atomic E-state index is -5.13. The molecular formula is C23H35F3N5O4S+. The van der Waals surface area contributed by atoms with Crippen LogP contribution in [0, 0.1) is 28.6 Å². The van der Waals surface area contributed by atoms with E-state index < -0.39 is 35.5 Å². The fraction of sp³-hybridized carbons (Fsp3) is 0.826. The minimum Gasteiger partial charge on any atom is -0.356 e. The third-order valence-electron chi connectivity index (χ3n) is 8.09. The van der Waals surface area contributed by atoms with Gasteiger partial charge in [-0.15, -0.1) is 0 Å². The van der Waals surface area contributed by atoms with Crippen LogP contribution in [0.4, 0.5) is 13.2 Å². The van der Waals surface area contributed by atoms with Crippen molar-refractivity contribution in [3.63, 3.8) is 0 Å². The minimum absolute atomic E-state index is 0.00399. The second-order valence-electron chi connectivity index (χ2n) is 12.0. The van der Waals surface area contributed by atoms with Crippen molar-refractivity contribution in [3.05, 3.63) is 0 Å². The molecule has 36 heavy (non-hydrogen) atoms. The van der Waals surface area contributed by atoms with Gasteiger partial charge in [0.25, 0.3) is 0 Å². The number of alkyl halides is 3. The highest BCUT2D eigenvalue weighted by atomic mass is 32.2. The van der Waals surface area contributed by atoms with Gasteiger partial charge in [0, 0.05) is 19.0 Å². The maximum absolute atomic E-state index is 13.6. The van der Waals surface area contributed by atoms with E-state index in [2.05, 4.69) is 15.4 Å². The standard InChI is InChI=1S/C23H34F3N5O4S/c1-21(2,3)15(29-20(35)23(24,25)26)19(34)31-9-11-13(22(11,4)5)14(31)17(33)28-12(18-30-36-18)8-10-6-7-27-16(10)32/h10-15,18,30H,6-9H2,1-5H3,(H,27,32)(H,28,33)(H,29,35)/p+1/t10-,11-,12-,13-,14-,15+,18-/m0/s1. The third kappa shape index (κ3) is 5.18. The fourth-order valence-electron chi connectivity index (χ4n) is 5.77. The molecule has 3 aliphatic heterocycles. The summed E-state index contributed by atoms with van der Waals surface area (Å²) in [4.78, 5) is 52.4. The Bertz CT molecular complexity index is 949. The van der Waals surface area contributed by atoms with Crippen molar-refractivity contribution >= 4 is 35.6 Å². The predicted octanol–water partition coefficient (Wildman–Crippen LogP) is 0.233. The van der Waals surface area contributed by atoms with Crippen molar-refractivity contribution in [2.45, 2.75) is 77.1 Å². The molecule has 1 aliphatic carbocycles. The smallest absolute Gasteiger partial charge is 0.356 e. The zero-order chi connectivity index (χ0) is 26.8. The van der Waals surface area contributed by atoms with Crippen LogP contribution in [0.1, 0.15) is 47.5 Å². The van der Waals surface area contributed by atoms with Gasteiger partial charge in [0.05, 0.1) is 18.0 Å². The molecule has 4 fully saturated rings. The van der Waals surface area contributed by atoms with Crippen LogP contribution in [-0.4, -0.2) is 71.3 Å². The predicted molar refractivity (Wildman–Crippen MR) is 127 cm³/mol. The van der Waals surface area contributed by atoms with Gasteiger partial charge >= 0.3 is 12.1 Å². The zero-order valence-corrected chi connectivity index (χ0v) is 21.9. The molecule has 9 nitrogen and oxygen atoms in total. The summed E-state index contributed by atoms with van der Waals surface area (Å²) in [6, 6.07) is -2.63. The molecule has 0 unspecified atom stereocenters. The molecule has 13 heteroatoms. The van der Waals surface area contributed by atoms with Crippen LogP contribution in [-0.2, 0) is 31.1 Å². The van der Waals surface area contributed by atoms with E-state index in [1.54, 1.807) is 20.8 Å². The van der Waals surface area contributed by atoms with Gasteiger partial charge in [-0.3, -0.25) is 19.2 Å². The highest BCUT2D eigenvalue weighted by molar-refractivity contribution is 7.84. The Morgan fingerprint density at radius 1 is 1.19 bits per heavy atom. The van der Waals surface area contributed by atoms with Gasteiger partial charge in [0.15, 0.2) is 0 Å². The van der Waals surface area contributed by atoms with E-state index in [-0.39, 0.29) is 52.9 Å². The maximum Gasteiger partial charge on any atom is 0.471 e. The maximum atomic E-state index is 13.6. The molecular weight excluding hydrogens is 499 g/mol. The molecule has 0 spiro atoms. The van der Waals surface area contributed by atoms with E-state index in [0.717, 1.165) is 11.9 Å². The molecule has 0 aromatic heterocycles. The zero-order valence-electron chi connectivity index (χ0n) is 21.0. The summed E-state index contributed by atoms with van der Waals surface area (Å²) in [5.41, 5.74) is -1.21. The first-order chi connectivity index (χ1) is 16.5. The SMILES string of the molecule is CC(C)(C)[C@H](NC(=O)C(F)(F)F)C(=O)N1C[C@H]2[C@@H]([C@H]1C(=O)N[C@@H](C[C@@H]1CCNC1=O)[C@H]1N[SH+]1)C2(C)C. The number of amides is 4. The van der Waals surface area contributed by atoms with Gasteiger partial charge in [-0.25, -0.2) is 0 Å². The fourth-order valence-corrected chi connectivity index (χ4v) is 6.42. The molecule has 3 saturated heterocycles. The Hall–Kier alpha value is -2.02. The van der Waals surface area contributed by atoms with Crippen molar-refractivity contribution in [3.8, 4) is 0 Å². The number of hydrogen-bond donors (Lipinski definition) is 4. The lowest BCUT2D eigenvalue weighted by molar-refractivity contribution is -0.176. The van der Waals surface area contributed by atoms with E-state index in [1.165, 1.54) is 4.90 Å². The number of nitrogens with zero attached hydrogens (tertiary/aromatic N) is 1. The first-order valence-corrected chi connectivity index (χ1v) is 13.2. The van der Waals surface area contributed by atoms with Gasteiger partial charge in [-0.2, -0.15) is 13.2 Å². The molecule has 0 aromatic carbocycles. The third-order valence-corrected chi connectivity index (χ3v) is 9.01. The van der Waals surface area contributed by atoms with Gasteiger partial charge in [0.1, 0.15) is 12.1 Å². The monoisotopic (exact) mass is 534 g/mol. The van der Waals surface area contributed by atoms with Crippen LogP contribution in [0.15, 0.2) is 0 Å². The largest absolute Gasteiger partial charge is 0.471 e. The van der Waals surface area contributed by atoms with Crippen molar-refractivity contribution in [2.24, 2.45) is 28.6 Å². The molecule has 4 N–H and O–H groups in total. The second-order valence-corrected chi connectivity index (χ2v) is 13.1. The summed E-state index contributed by atoms with van der Waals surface area (Å²) in [5.74, 6) is -3.60. The molecule has 4 amide bonds. The average molecular weight is 535 g/mol. The molecule has 4 aliphatic rings. The van der Waals surface area contributed by atoms with Crippen LogP contribution in [0.3, 0.4) is 0 Å². The molecule has 0 bridgehead atoms. The van der Waals surface area contributed by atoms with Crippen molar-refractivity contribution < 1.29 is 32.3 Å². The van der Waals surface area contributed by atoms with E-state index >= 15 is 0 Å². The van der Waals surface area contributed by atoms with E-state index in [9.17, 15) is 32.3 Å². The van der Waals surface area contributed by atoms with Gasteiger partial charge < -0.3 is 20.9 Å². The summed E-state index contributed by atoms with van der Waals surface area (Å²) in [6.07, 6.45) is -3.98. The van der Waals surface area contributed by atoms with Crippen LogP contribution in [0.5, 0.6) is 0 Å². The van der Waals surface area contributed by atoms with Crippen molar-refractivity contribution in [1.29, 1.82) is 0 Å². The Balaban J connectivity index is 1.53. The molecule has 0 radical (unpaired) electrons. The molecule has 4 rings (SSSR count). The highest BCUT2D eigenvalue weighted by Crippen LogP contribution is 2.65. The van der Waals surface area contributed by atoms with Gasteiger partial charge in [-0.1, -0.05) is 39.3 Å². The average Bonchev–Trinajstić information content (AvgIpc) is 3.56. The van der Waals surface area contributed by atoms with Crippen molar-refractivity contribution in [2.75, 3.05) is 13.1 Å². The number of carbonyl (C=O) groups is 4. The summed E-state index contributed by atoms with van der Waals surface area (Å²) >= 11 is 0.955. The van der Waals surface area contributed by atoms with E-state index in [0.29, 0.717) is 19.4 Å².